The summed E-state index contributed by atoms with van der Waals surface area (Å²) in [4.78, 5) is 7.31. The van der Waals surface area contributed by atoms with Gasteiger partial charge in [0, 0.05) is 25.3 Å². The first-order valence-electron chi connectivity index (χ1n) is 9.15. The molecule has 1 aromatic heterocycles. The number of fused-ring (bicyclic) bond motifs is 2. The monoisotopic (exact) mass is 339 g/mol. The minimum Gasteiger partial charge on any atom is -0.361 e. The van der Waals surface area contributed by atoms with Gasteiger partial charge < -0.3 is 10.2 Å². The molecule has 3 aliphatic heterocycles. The van der Waals surface area contributed by atoms with E-state index in [-0.39, 0.29) is 0 Å². The fraction of sp³-hybridized carbons (Fsp3) is 0.174. The highest BCUT2D eigenvalue weighted by Gasteiger charge is 2.22. The van der Waals surface area contributed by atoms with Crippen molar-refractivity contribution >= 4 is 11.8 Å². The molecule has 3 heteroatoms. The average Bonchev–Trinajstić information content (AvgIpc) is 2.68. The Morgan fingerprint density at radius 2 is 1.54 bits per heavy atom. The zero-order valence-corrected chi connectivity index (χ0v) is 14.7. The smallest absolute Gasteiger partial charge is 0.0606 e. The van der Waals surface area contributed by atoms with Gasteiger partial charge in [0.15, 0.2) is 0 Å². The van der Waals surface area contributed by atoms with Crippen molar-refractivity contribution in [2.24, 2.45) is 0 Å². The Bertz CT molecular complexity index is 976. The van der Waals surface area contributed by atoms with E-state index in [9.17, 15) is 0 Å². The Morgan fingerprint density at radius 1 is 0.731 bits per heavy atom. The maximum atomic E-state index is 4.86. The molecule has 1 N–H and O–H groups in total. The van der Waals surface area contributed by atoms with E-state index >= 15 is 0 Å². The lowest BCUT2D eigenvalue weighted by Gasteiger charge is -2.33. The molecule has 0 saturated heterocycles. The van der Waals surface area contributed by atoms with Crippen LogP contribution in [0.4, 0.5) is 0 Å². The van der Waals surface area contributed by atoms with Gasteiger partial charge in [0.1, 0.15) is 0 Å². The van der Waals surface area contributed by atoms with Crippen molar-refractivity contribution in [1.29, 1.82) is 0 Å². The van der Waals surface area contributed by atoms with E-state index < -0.39 is 0 Å². The molecule has 6 bridgehead atoms. The first-order chi connectivity index (χ1) is 12.9. The third kappa shape index (κ3) is 2.80. The molecule has 6 rings (SSSR count). The second-order valence-electron chi connectivity index (χ2n) is 6.97. The Balaban J connectivity index is 1.68. The predicted octanol–water partition coefficient (Wildman–Crippen LogP) is 4.20. The summed E-state index contributed by atoms with van der Waals surface area (Å²) >= 11 is 0. The fourth-order valence-corrected chi connectivity index (χ4v) is 3.91. The van der Waals surface area contributed by atoms with Crippen LogP contribution in [0, 0.1) is 0 Å². The number of pyridine rings is 1. The van der Waals surface area contributed by atoms with Crippen LogP contribution in [0.15, 0.2) is 66.7 Å². The van der Waals surface area contributed by atoms with Crippen molar-refractivity contribution in [3.63, 3.8) is 0 Å². The normalized spacial score (nSPS) is 15.8. The second kappa shape index (κ2) is 6.43. The Labute approximate surface area is 154 Å². The van der Waals surface area contributed by atoms with Crippen molar-refractivity contribution in [2.75, 3.05) is 0 Å². The van der Waals surface area contributed by atoms with Crippen molar-refractivity contribution in [2.45, 2.75) is 26.2 Å². The highest BCUT2D eigenvalue weighted by atomic mass is 15.1. The van der Waals surface area contributed by atoms with Crippen LogP contribution in [-0.4, -0.2) is 9.88 Å². The SMILES string of the molecule is C1=C(c2ccccc2)N2Cc3cccc(n3)CNCc3cccc(c31)C2. The van der Waals surface area contributed by atoms with Gasteiger partial charge in [-0.2, -0.15) is 0 Å². The van der Waals surface area contributed by atoms with Crippen molar-refractivity contribution < 1.29 is 0 Å². The molecule has 3 nitrogen and oxygen atoms in total. The molecule has 4 heterocycles. The summed E-state index contributed by atoms with van der Waals surface area (Å²) in [5, 5.41) is 3.56. The Kier molecular flexibility index (Phi) is 3.80. The zero-order valence-electron chi connectivity index (χ0n) is 14.7. The van der Waals surface area contributed by atoms with Crippen LogP contribution in [0.3, 0.4) is 0 Å². The Morgan fingerprint density at radius 3 is 2.46 bits per heavy atom. The number of aromatic nitrogens is 1. The number of nitrogens with zero attached hydrogens (tertiary/aromatic N) is 2. The van der Waals surface area contributed by atoms with Gasteiger partial charge in [-0.05, 0) is 40.5 Å². The van der Waals surface area contributed by atoms with Crippen LogP contribution >= 0.6 is 0 Å². The third-order valence-corrected chi connectivity index (χ3v) is 5.18. The standard InChI is InChI=1S/C23H21N3/c1-2-6-17(7-3-1)23-12-22-18-8-4-9-19(22)15-26(23)16-21-11-5-10-20(25-21)14-24-13-18/h1-12,24H,13-16H2. The molecule has 0 saturated carbocycles. The molecule has 0 fully saturated rings. The summed E-state index contributed by atoms with van der Waals surface area (Å²) in [6.45, 7) is 3.38. The van der Waals surface area contributed by atoms with Crippen molar-refractivity contribution in [1.82, 2.24) is 15.2 Å². The van der Waals surface area contributed by atoms with Gasteiger partial charge in [-0.1, -0.05) is 54.6 Å². The summed E-state index contributed by atoms with van der Waals surface area (Å²) in [5.41, 5.74) is 8.87. The van der Waals surface area contributed by atoms with Crippen LogP contribution < -0.4 is 5.32 Å². The quantitative estimate of drug-likeness (QED) is 0.720. The highest BCUT2D eigenvalue weighted by molar-refractivity contribution is 5.84. The van der Waals surface area contributed by atoms with Gasteiger partial charge in [-0.3, -0.25) is 4.98 Å². The van der Waals surface area contributed by atoms with Crippen LogP contribution in [-0.2, 0) is 26.2 Å². The second-order valence-corrected chi connectivity index (χ2v) is 6.97. The van der Waals surface area contributed by atoms with E-state index in [4.69, 9.17) is 4.98 Å². The number of benzene rings is 2. The maximum Gasteiger partial charge on any atom is 0.0606 e. The molecule has 0 amide bonds. The molecule has 0 atom stereocenters. The first-order valence-corrected chi connectivity index (χ1v) is 9.15. The minimum absolute atomic E-state index is 0.798. The summed E-state index contributed by atoms with van der Waals surface area (Å²) in [6, 6.07) is 23.7. The predicted molar refractivity (Wildman–Crippen MR) is 105 cm³/mol. The van der Waals surface area contributed by atoms with E-state index in [2.05, 4.69) is 83.0 Å². The molecule has 3 aliphatic rings. The molecule has 26 heavy (non-hydrogen) atoms. The minimum atomic E-state index is 0.798. The first kappa shape index (κ1) is 15.4. The van der Waals surface area contributed by atoms with E-state index in [1.165, 1.54) is 28.0 Å². The van der Waals surface area contributed by atoms with Crippen LogP contribution in [0.1, 0.15) is 33.6 Å². The van der Waals surface area contributed by atoms with Crippen molar-refractivity contribution in [3.8, 4) is 0 Å². The number of nitrogens with one attached hydrogen (secondary N) is 1. The average molecular weight is 339 g/mol. The Hall–Kier alpha value is -2.91. The number of hydrogen-bond donors (Lipinski definition) is 1. The largest absolute Gasteiger partial charge is 0.361 e. The van der Waals surface area contributed by atoms with Gasteiger partial charge in [-0.15, -0.1) is 0 Å². The van der Waals surface area contributed by atoms with E-state index in [1.54, 1.807) is 0 Å². The van der Waals surface area contributed by atoms with Gasteiger partial charge in [0.2, 0.25) is 0 Å². The molecule has 0 spiro atoms. The van der Waals surface area contributed by atoms with E-state index in [0.717, 1.165) is 37.6 Å². The van der Waals surface area contributed by atoms with E-state index in [0.29, 0.717) is 0 Å². The fourth-order valence-electron chi connectivity index (χ4n) is 3.91. The van der Waals surface area contributed by atoms with Crippen molar-refractivity contribution in [3.05, 3.63) is 100 Å². The number of hydrogen-bond acceptors (Lipinski definition) is 3. The molecule has 3 aromatic rings. The van der Waals surface area contributed by atoms with Crippen LogP contribution in [0.25, 0.3) is 11.8 Å². The van der Waals surface area contributed by atoms with Crippen LogP contribution in [0.5, 0.6) is 0 Å². The van der Waals surface area contributed by atoms with Gasteiger partial charge in [0.05, 0.1) is 17.9 Å². The third-order valence-electron chi connectivity index (χ3n) is 5.18. The summed E-state index contributed by atoms with van der Waals surface area (Å²) in [6.07, 6.45) is 2.36. The molecular formula is C23H21N3. The lowest BCUT2D eigenvalue weighted by atomic mass is 9.93. The molecular weight excluding hydrogens is 318 g/mol. The highest BCUT2D eigenvalue weighted by Crippen LogP contribution is 2.34. The van der Waals surface area contributed by atoms with Gasteiger partial charge in [-0.25, -0.2) is 0 Å². The van der Waals surface area contributed by atoms with Gasteiger partial charge >= 0.3 is 0 Å². The molecule has 0 radical (unpaired) electrons. The summed E-state index contributed by atoms with van der Waals surface area (Å²) in [5.74, 6) is 0. The number of rotatable bonds is 1. The topological polar surface area (TPSA) is 28.2 Å². The van der Waals surface area contributed by atoms with E-state index in [1.807, 2.05) is 0 Å². The molecule has 2 aromatic carbocycles. The van der Waals surface area contributed by atoms with Gasteiger partial charge in [0.25, 0.3) is 0 Å². The summed E-state index contributed by atoms with van der Waals surface area (Å²) < 4.78 is 0. The van der Waals surface area contributed by atoms with Crippen LogP contribution in [0.2, 0.25) is 0 Å². The zero-order chi connectivity index (χ0) is 17.3. The molecule has 128 valence electrons. The lowest BCUT2D eigenvalue weighted by molar-refractivity contribution is 0.375. The summed E-state index contributed by atoms with van der Waals surface area (Å²) in [7, 11) is 0. The molecule has 0 unspecified atom stereocenters. The lowest BCUT2D eigenvalue weighted by Crippen LogP contribution is -2.27. The molecule has 0 aliphatic carbocycles. The maximum absolute atomic E-state index is 4.86.